The molecule has 0 spiro atoms. The molecule has 23 heavy (non-hydrogen) atoms. The van der Waals surface area contributed by atoms with Crippen LogP contribution in [0.2, 0.25) is 0 Å². The molecule has 1 unspecified atom stereocenters. The highest BCUT2D eigenvalue weighted by Gasteiger charge is 2.34. The van der Waals surface area contributed by atoms with E-state index >= 15 is 0 Å². The Bertz CT molecular complexity index is 486. The summed E-state index contributed by atoms with van der Waals surface area (Å²) in [6.07, 6.45) is 1.83. The van der Waals surface area contributed by atoms with Crippen LogP contribution in [0.1, 0.15) is 25.3 Å². The maximum Gasteiger partial charge on any atom is 0.234 e. The topological polar surface area (TPSA) is 61.8 Å². The SMILES string of the molecule is CC(CO)N(C)CC(=O)NCC1(c2ccccc2)CCOCC1. The fourth-order valence-electron chi connectivity index (χ4n) is 2.97. The molecule has 1 aromatic rings. The number of nitrogens with zero attached hydrogens (tertiary/aromatic N) is 1. The van der Waals surface area contributed by atoms with E-state index in [1.165, 1.54) is 5.56 Å². The van der Waals surface area contributed by atoms with E-state index in [1.54, 1.807) is 0 Å². The second-order valence-corrected chi connectivity index (χ2v) is 6.48. The largest absolute Gasteiger partial charge is 0.395 e. The van der Waals surface area contributed by atoms with E-state index in [4.69, 9.17) is 9.84 Å². The van der Waals surface area contributed by atoms with Crippen LogP contribution in [0, 0.1) is 0 Å². The van der Waals surface area contributed by atoms with Crippen LogP contribution >= 0.6 is 0 Å². The van der Waals surface area contributed by atoms with Crippen LogP contribution in [0.15, 0.2) is 30.3 Å². The van der Waals surface area contributed by atoms with Gasteiger partial charge in [0.05, 0.1) is 13.2 Å². The number of aliphatic hydroxyl groups is 1. The zero-order valence-corrected chi connectivity index (χ0v) is 14.1. The van der Waals surface area contributed by atoms with Crippen molar-refractivity contribution in [3.05, 3.63) is 35.9 Å². The third-order valence-corrected chi connectivity index (χ3v) is 4.87. The zero-order valence-electron chi connectivity index (χ0n) is 14.1. The molecule has 0 saturated carbocycles. The van der Waals surface area contributed by atoms with Crippen molar-refractivity contribution < 1.29 is 14.6 Å². The summed E-state index contributed by atoms with van der Waals surface area (Å²) in [5, 5.41) is 12.2. The van der Waals surface area contributed by atoms with Crippen molar-refractivity contribution >= 4 is 5.91 Å². The molecule has 1 fully saturated rings. The summed E-state index contributed by atoms with van der Waals surface area (Å²) in [5.41, 5.74) is 1.22. The summed E-state index contributed by atoms with van der Waals surface area (Å²) in [5.74, 6) is -0.00500. The zero-order chi connectivity index (χ0) is 16.7. The first-order valence-corrected chi connectivity index (χ1v) is 8.28. The molecule has 0 aliphatic carbocycles. The monoisotopic (exact) mass is 320 g/mol. The van der Waals surface area contributed by atoms with E-state index in [0.29, 0.717) is 13.1 Å². The average Bonchev–Trinajstić information content (AvgIpc) is 2.60. The number of hydrogen-bond donors (Lipinski definition) is 2. The number of nitrogens with one attached hydrogen (secondary N) is 1. The van der Waals surface area contributed by atoms with Gasteiger partial charge in [0.1, 0.15) is 0 Å². The lowest BCUT2D eigenvalue weighted by atomic mass is 9.74. The normalized spacial score (nSPS) is 18.6. The molecular weight excluding hydrogens is 292 g/mol. The molecule has 0 aromatic heterocycles. The Labute approximate surface area is 138 Å². The van der Waals surface area contributed by atoms with Gasteiger partial charge in [-0.1, -0.05) is 30.3 Å². The fraction of sp³-hybridized carbons (Fsp3) is 0.611. The smallest absolute Gasteiger partial charge is 0.234 e. The number of hydrogen-bond acceptors (Lipinski definition) is 4. The van der Waals surface area contributed by atoms with Gasteiger partial charge in [0.15, 0.2) is 0 Å². The summed E-state index contributed by atoms with van der Waals surface area (Å²) in [4.78, 5) is 14.1. The molecule has 2 N–H and O–H groups in total. The molecule has 5 heteroatoms. The molecular formula is C18H28N2O3. The summed E-state index contributed by atoms with van der Waals surface area (Å²) >= 11 is 0. The second-order valence-electron chi connectivity index (χ2n) is 6.48. The highest BCUT2D eigenvalue weighted by molar-refractivity contribution is 5.78. The fourth-order valence-corrected chi connectivity index (χ4v) is 2.97. The highest BCUT2D eigenvalue weighted by atomic mass is 16.5. The van der Waals surface area contributed by atoms with Crippen LogP contribution in [-0.4, -0.2) is 61.9 Å². The Morgan fingerprint density at radius 2 is 2.00 bits per heavy atom. The highest BCUT2D eigenvalue weighted by Crippen LogP contribution is 2.34. The molecule has 1 heterocycles. The lowest BCUT2D eigenvalue weighted by Crippen LogP contribution is -2.47. The first-order chi connectivity index (χ1) is 11.1. The number of amides is 1. The van der Waals surface area contributed by atoms with Gasteiger partial charge in [-0.15, -0.1) is 0 Å². The first kappa shape index (κ1) is 17.9. The molecule has 1 saturated heterocycles. The minimum atomic E-state index is -0.0453. The van der Waals surface area contributed by atoms with Gasteiger partial charge in [0.25, 0.3) is 0 Å². The predicted molar refractivity (Wildman–Crippen MR) is 90.4 cm³/mol. The molecule has 2 rings (SSSR count). The maximum atomic E-state index is 12.2. The predicted octanol–water partition coefficient (Wildman–Crippen LogP) is 1.16. The number of aliphatic hydroxyl groups excluding tert-OH is 1. The lowest BCUT2D eigenvalue weighted by Gasteiger charge is -2.38. The Hall–Kier alpha value is -1.43. The van der Waals surface area contributed by atoms with Crippen LogP contribution in [0.25, 0.3) is 0 Å². The molecule has 0 bridgehead atoms. The lowest BCUT2D eigenvalue weighted by molar-refractivity contribution is -0.123. The molecule has 1 aliphatic heterocycles. The van der Waals surface area contributed by atoms with E-state index in [-0.39, 0.29) is 24.0 Å². The molecule has 1 aromatic carbocycles. The van der Waals surface area contributed by atoms with E-state index in [2.05, 4.69) is 17.4 Å². The summed E-state index contributed by atoms with van der Waals surface area (Å²) < 4.78 is 5.51. The number of benzene rings is 1. The molecule has 0 radical (unpaired) electrons. The van der Waals surface area contributed by atoms with Gasteiger partial charge in [0, 0.05) is 31.2 Å². The number of ether oxygens (including phenoxy) is 1. The average molecular weight is 320 g/mol. The van der Waals surface area contributed by atoms with E-state index < -0.39 is 0 Å². The van der Waals surface area contributed by atoms with E-state index in [1.807, 2.05) is 37.1 Å². The van der Waals surface area contributed by atoms with Crippen molar-refractivity contribution in [3.63, 3.8) is 0 Å². The number of carbonyl (C=O) groups is 1. The van der Waals surface area contributed by atoms with Gasteiger partial charge in [-0.2, -0.15) is 0 Å². The van der Waals surface area contributed by atoms with Crippen LogP contribution in [0.5, 0.6) is 0 Å². The first-order valence-electron chi connectivity index (χ1n) is 8.28. The number of rotatable bonds is 7. The van der Waals surface area contributed by atoms with Gasteiger partial charge in [-0.05, 0) is 32.4 Å². The quantitative estimate of drug-likeness (QED) is 0.791. The van der Waals surface area contributed by atoms with Gasteiger partial charge in [-0.25, -0.2) is 0 Å². The minimum absolute atomic E-state index is 0.00500. The van der Waals surface area contributed by atoms with Crippen LogP contribution in [0.3, 0.4) is 0 Å². The van der Waals surface area contributed by atoms with E-state index in [0.717, 1.165) is 26.1 Å². The second kappa shape index (κ2) is 8.43. The molecule has 1 aliphatic rings. The van der Waals surface area contributed by atoms with Crippen molar-refractivity contribution in [2.45, 2.75) is 31.2 Å². The van der Waals surface area contributed by atoms with Gasteiger partial charge < -0.3 is 15.2 Å². The third-order valence-electron chi connectivity index (χ3n) is 4.87. The van der Waals surface area contributed by atoms with Crippen LogP contribution < -0.4 is 5.32 Å². The van der Waals surface area contributed by atoms with Crippen molar-refractivity contribution in [3.8, 4) is 0 Å². The van der Waals surface area contributed by atoms with Crippen molar-refractivity contribution in [1.29, 1.82) is 0 Å². The number of carbonyl (C=O) groups excluding carboxylic acids is 1. The third kappa shape index (κ3) is 4.77. The molecule has 1 amide bonds. The maximum absolute atomic E-state index is 12.2. The van der Waals surface area contributed by atoms with Crippen LogP contribution in [-0.2, 0) is 14.9 Å². The molecule has 5 nitrogen and oxygen atoms in total. The van der Waals surface area contributed by atoms with Crippen molar-refractivity contribution in [2.24, 2.45) is 0 Å². The standard InChI is InChI=1S/C18H28N2O3/c1-15(13-21)20(2)12-17(22)19-14-18(8-10-23-11-9-18)16-6-4-3-5-7-16/h3-7,15,21H,8-14H2,1-2H3,(H,19,22). The summed E-state index contributed by atoms with van der Waals surface area (Å²) in [6.45, 7) is 4.33. The summed E-state index contributed by atoms with van der Waals surface area (Å²) in [6, 6.07) is 10.4. The van der Waals surface area contributed by atoms with Gasteiger partial charge in [-0.3, -0.25) is 9.69 Å². The minimum Gasteiger partial charge on any atom is -0.395 e. The Kier molecular flexibility index (Phi) is 6.57. The summed E-state index contributed by atoms with van der Waals surface area (Å²) in [7, 11) is 1.85. The Morgan fingerprint density at radius 1 is 1.35 bits per heavy atom. The number of likely N-dealkylation sites (N-methyl/N-ethyl adjacent to an activating group) is 1. The molecule has 128 valence electrons. The Balaban J connectivity index is 1.98. The molecule has 1 atom stereocenters. The van der Waals surface area contributed by atoms with Gasteiger partial charge in [0.2, 0.25) is 5.91 Å². The van der Waals surface area contributed by atoms with Crippen molar-refractivity contribution in [2.75, 3.05) is 40.0 Å². The van der Waals surface area contributed by atoms with Crippen LogP contribution in [0.4, 0.5) is 0 Å². The van der Waals surface area contributed by atoms with E-state index in [9.17, 15) is 4.79 Å². The van der Waals surface area contributed by atoms with Gasteiger partial charge >= 0.3 is 0 Å². The van der Waals surface area contributed by atoms with Crippen molar-refractivity contribution in [1.82, 2.24) is 10.2 Å². The Morgan fingerprint density at radius 3 is 2.61 bits per heavy atom.